The maximum absolute atomic E-state index is 5.22. The quantitative estimate of drug-likeness (QED) is 0.932. The highest BCUT2D eigenvalue weighted by atomic mass is 16.5. The molecule has 1 saturated heterocycles. The number of rotatable bonds is 3. The fraction of sp³-hybridized carbons (Fsp3) is 0.438. The van der Waals surface area contributed by atoms with Crippen LogP contribution in [0, 0.1) is 0 Å². The van der Waals surface area contributed by atoms with Crippen molar-refractivity contribution in [2.75, 3.05) is 20.2 Å². The molecule has 0 aliphatic carbocycles. The zero-order chi connectivity index (χ0) is 14.0. The molecule has 3 rings (SSSR count). The Labute approximate surface area is 119 Å². The summed E-state index contributed by atoms with van der Waals surface area (Å²) >= 11 is 0. The van der Waals surface area contributed by atoms with Crippen LogP contribution >= 0.6 is 0 Å². The molecule has 1 aromatic carbocycles. The minimum absolute atomic E-state index is 0.196. The highest BCUT2D eigenvalue weighted by molar-refractivity contribution is 5.40. The Balaban J connectivity index is 1.96. The number of piperidine rings is 1. The van der Waals surface area contributed by atoms with Crippen molar-refractivity contribution in [3.05, 3.63) is 42.5 Å². The molecule has 0 radical (unpaired) electrons. The van der Waals surface area contributed by atoms with Crippen LogP contribution in [0.25, 0.3) is 5.69 Å². The zero-order valence-corrected chi connectivity index (χ0v) is 12.1. The predicted molar refractivity (Wildman–Crippen MR) is 79.6 cm³/mol. The van der Waals surface area contributed by atoms with Crippen molar-refractivity contribution in [1.29, 1.82) is 0 Å². The molecule has 1 aliphatic rings. The van der Waals surface area contributed by atoms with E-state index in [4.69, 9.17) is 4.74 Å². The first-order valence-corrected chi connectivity index (χ1v) is 7.11. The number of imidazole rings is 1. The number of aromatic nitrogens is 2. The van der Waals surface area contributed by atoms with Gasteiger partial charge in [-0.05, 0) is 50.2 Å². The Bertz CT molecular complexity index is 568. The van der Waals surface area contributed by atoms with Gasteiger partial charge >= 0.3 is 0 Å². The summed E-state index contributed by atoms with van der Waals surface area (Å²) in [5.41, 5.74) is 2.63. The van der Waals surface area contributed by atoms with E-state index in [0.29, 0.717) is 0 Å². The average Bonchev–Trinajstić information content (AvgIpc) is 2.98. The van der Waals surface area contributed by atoms with Crippen molar-refractivity contribution in [2.24, 2.45) is 0 Å². The number of benzene rings is 1. The second-order valence-electron chi connectivity index (χ2n) is 5.66. The molecule has 2 aromatic rings. The molecule has 0 unspecified atom stereocenters. The predicted octanol–water partition coefficient (Wildman–Crippen LogP) is 2.52. The second kappa shape index (κ2) is 5.29. The van der Waals surface area contributed by atoms with E-state index in [1.54, 1.807) is 7.11 Å². The molecule has 0 saturated carbocycles. The van der Waals surface area contributed by atoms with Gasteiger partial charge in [-0.3, -0.25) is 0 Å². The molecule has 20 heavy (non-hydrogen) atoms. The van der Waals surface area contributed by atoms with Gasteiger partial charge in [0.05, 0.1) is 13.4 Å². The molecule has 1 fully saturated rings. The molecule has 106 valence electrons. The summed E-state index contributed by atoms with van der Waals surface area (Å²) in [6.45, 7) is 4.49. The van der Waals surface area contributed by atoms with Crippen LogP contribution in [0.1, 0.15) is 25.5 Å². The lowest BCUT2D eigenvalue weighted by Gasteiger charge is -2.34. The first kappa shape index (κ1) is 13.2. The largest absolute Gasteiger partial charge is 0.497 e. The molecular formula is C16H21N3O. The van der Waals surface area contributed by atoms with Gasteiger partial charge < -0.3 is 14.6 Å². The third-order valence-corrected chi connectivity index (χ3v) is 4.31. The van der Waals surface area contributed by atoms with Gasteiger partial charge in [-0.25, -0.2) is 4.98 Å². The van der Waals surface area contributed by atoms with Crippen LogP contribution in [0.2, 0.25) is 0 Å². The van der Waals surface area contributed by atoms with Gasteiger partial charge in [0.15, 0.2) is 0 Å². The Hall–Kier alpha value is -1.81. The van der Waals surface area contributed by atoms with Gasteiger partial charge in [0.2, 0.25) is 0 Å². The zero-order valence-electron chi connectivity index (χ0n) is 12.1. The summed E-state index contributed by atoms with van der Waals surface area (Å²) < 4.78 is 7.42. The van der Waals surface area contributed by atoms with Crippen molar-refractivity contribution in [3.63, 3.8) is 0 Å². The molecule has 0 spiro atoms. The first-order chi connectivity index (χ1) is 9.73. The SMILES string of the molecule is COc1ccc(-n2cncc2C2(C)CCNCC2)cc1. The highest BCUT2D eigenvalue weighted by Gasteiger charge is 2.31. The monoisotopic (exact) mass is 271 g/mol. The van der Waals surface area contributed by atoms with Crippen molar-refractivity contribution in [3.8, 4) is 11.4 Å². The van der Waals surface area contributed by atoms with Crippen LogP contribution in [-0.2, 0) is 5.41 Å². The lowest BCUT2D eigenvalue weighted by Crippen LogP contribution is -2.38. The summed E-state index contributed by atoms with van der Waals surface area (Å²) in [6.07, 6.45) is 6.21. The molecule has 0 bridgehead atoms. The van der Waals surface area contributed by atoms with E-state index in [0.717, 1.165) is 37.4 Å². The Morgan fingerprint density at radius 3 is 2.55 bits per heavy atom. The molecule has 0 atom stereocenters. The third kappa shape index (κ3) is 2.31. The molecule has 2 heterocycles. The normalized spacial score (nSPS) is 17.9. The molecular weight excluding hydrogens is 250 g/mol. The first-order valence-electron chi connectivity index (χ1n) is 7.11. The lowest BCUT2D eigenvalue weighted by molar-refractivity contribution is 0.324. The number of ether oxygens (including phenoxy) is 1. The van der Waals surface area contributed by atoms with Crippen LogP contribution in [0.3, 0.4) is 0 Å². The maximum atomic E-state index is 5.22. The summed E-state index contributed by atoms with van der Waals surface area (Å²) in [5.74, 6) is 0.878. The lowest BCUT2D eigenvalue weighted by atomic mass is 9.78. The Kier molecular flexibility index (Phi) is 3.49. The minimum atomic E-state index is 0.196. The standard InChI is InChI=1S/C16H21N3O/c1-16(7-9-17-10-8-16)15-11-18-12-19(15)13-3-5-14(20-2)6-4-13/h3-6,11-12,17H,7-10H2,1-2H3. The van der Waals surface area contributed by atoms with Crippen molar-refractivity contribution >= 4 is 0 Å². The van der Waals surface area contributed by atoms with Crippen LogP contribution in [0.15, 0.2) is 36.8 Å². The van der Waals surface area contributed by atoms with Gasteiger partial charge in [0.1, 0.15) is 5.75 Å². The summed E-state index contributed by atoms with van der Waals surface area (Å²) in [5, 5.41) is 3.43. The number of nitrogens with one attached hydrogen (secondary N) is 1. The van der Waals surface area contributed by atoms with E-state index in [2.05, 4.69) is 33.9 Å². The number of hydrogen-bond donors (Lipinski definition) is 1. The van der Waals surface area contributed by atoms with Gasteiger partial charge in [0, 0.05) is 23.0 Å². The second-order valence-corrected chi connectivity index (χ2v) is 5.66. The fourth-order valence-corrected chi connectivity index (χ4v) is 2.92. The van der Waals surface area contributed by atoms with E-state index in [1.165, 1.54) is 5.69 Å². The summed E-state index contributed by atoms with van der Waals surface area (Å²) in [4.78, 5) is 4.37. The Morgan fingerprint density at radius 1 is 1.20 bits per heavy atom. The minimum Gasteiger partial charge on any atom is -0.497 e. The highest BCUT2D eigenvalue weighted by Crippen LogP contribution is 2.34. The van der Waals surface area contributed by atoms with Crippen molar-refractivity contribution in [2.45, 2.75) is 25.2 Å². The number of hydrogen-bond acceptors (Lipinski definition) is 3. The van der Waals surface area contributed by atoms with Crippen molar-refractivity contribution in [1.82, 2.24) is 14.9 Å². The van der Waals surface area contributed by atoms with Gasteiger partial charge in [-0.2, -0.15) is 0 Å². The van der Waals surface area contributed by atoms with Crippen LogP contribution < -0.4 is 10.1 Å². The fourth-order valence-electron chi connectivity index (χ4n) is 2.92. The number of nitrogens with zero attached hydrogens (tertiary/aromatic N) is 2. The van der Waals surface area contributed by atoms with Crippen LogP contribution in [0.5, 0.6) is 5.75 Å². The van der Waals surface area contributed by atoms with Gasteiger partial charge in [-0.15, -0.1) is 0 Å². The smallest absolute Gasteiger partial charge is 0.119 e. The van der Waals surface area contributed by atoms with E-state index >= 15 is 0 Å². The van der Waals surface area contributed by atoms with Crippen LogP contribution in [0.4, 0.5) is 0 Å². The van der Waals surface area contributed by atoms with Gasteiger partial charge in [0.25, 0.3) is 0 Å². The average molecular weight is 271 g/mol. The molecule has 1 N–H and O–H groups in total. The molecule has 1 aromatic heterocycles. The topological polar surface area (TPSA) is 39.1 Å². The van der Waals surface area contributed by atoms with E-state index in [-0.39, 0.29) is 5.41 Å². The van der Waals surface area contributed by atoms with E-state index < -0.39 is 0 Å². The van der Waals surface area contributed by atoms with E-state index in [1.807, 2.05) is 24.7 Å². The molecule has 1 aliphatic heterocycles. The third-order valence-electron chi connectivity index (χ3n) is 4.31. The van der Waals surface area contributed by atoms with Crippen LogP contribution in [-0.4, -0.2) is 29.8 Å². The van der Waals surface area contributed by atoms with Gasteiger partial charge in [-0.1, -0.05) is 6.92 Å². The Morgan fingerprint density at radius 2 is 1.90 bits per heavy atom. The van der Waals surface area contributed by atoms with E-state index in [9.17, 15) is 0 Å². The summed E-state index contributed by atoms with van der Waals surface area (Å²) in [6, 6.07) is 8.14. The molecule has 4 heteroatoms. The molecule has 4 nitrogen and oxygen atoms in total. The van der Waals surface area contributed by atoms with Crippen molar-refractivity contribution < 1.29 is 4.74 Å². The number of methoxy groups -OCH3 is 1. The summed E-state index contributed by atoms with van der Waals surface area (Å²) in [7, 11) is 1.69. The molecule has 0 amide bonds. The maximum Gasteiger partial charge on any atom is 0.119 e.